The maximum Gasteiger partial charge on any atom is 0.247 e. The van der Waals surface area contributed by atoms with Crippen molar-refractivity contribution in [3.63, 3.8) is 0 Å². The van der Waals surface area contributed by atoms with Gasteiger partial charge in [-0.2, -0.15) is 4.31 Å². The van der Waals surface area contributed by atoms with Crippen LogP contribution in [-0.4, -0.2) is 74.8 Å². The van der Waals surface area contributed by atoms with E-state index in [1.807, 2.05) is 55.5 Å². The number of hydrogen-bond acceptors (Lipinski definition) is 5. The van der Waals surface area contributed by atoms with Gasteiger partial charge in [0.2, 0.25) is 15.9 Å². The van der Waals surface area contributed by atoms with Crippen LogP contribution in [0.3, 0.4) is 0 Å². The van der Waals surface area contributed by atoms with Gasteiger partial charge in [0.05, 0.1) is 13.7 Å². The molecule has 1 aliphatic rings. The van der Waals surface area contributed by atoms with Crippen molar-refractivity contribution in [1.82, 2.24) is 14.1 Å². The molecule has 0 radical (unpaired) electrons. The van der Waals surface area contributed by atoms with Crippen molar-refractivity contribution in [3.8, 4) is 5.75 Å². The van der Waals surface area contributed by atoms with Gasteiger partial charge in [0.25, 0.3) is 0 Å². The van der Waals surface area contributed by atoms with Crippen molar-refractivity contribution in [2.75, 3.05) is 46.4 Å². The van der Waals surface area contributed by atoms with E-state index in [-0.39, 0.29) is 29.6 Å². The summed E-state index contributed by atoms with van der Waals surface area (Å²) in [5, 5.41) is 0. The third-order valence-corrected chi connectivity index (χ3v) is 8.46. The van der Waals surface area contributed by atoms with Crippen molar-refractivity contribution in [2.24, 2.45) is 0 Å². The maximum atomic E-state index is 13.8. The number of aryl methyl sites for hydroxylation is 1. The number of nitrogens with zero attached hydrogens (tertiary/aromatic N) is 3. The van der Waals surface area contributed by atoms with Crippen LogP contribution < -0.4 is 4.74 Å². The predicted octanol–water partition coefficient (Wildman–Crippen LogP) is 4.05. The lowest BCUT2D eigenvalue weighted by Crippen LogP contribution is -2.51. The summed E-state index contributed by atoms with van der Waals surface area (Å²) in [6.45, 7) is 5.09. The lowest BCUT2D eigenvalue weighted by atomic mass is 10.2. The van der Waals surface area contributed by atoms with Gasteiger partial charge in [0.15, 0.2) is 0 Å². The number of piperazine rings is 1. The highest BCUT2D eigenvalue weighted by Crippen LogP contribution is 2.29. The van der Waals surface area contributed by atoms with Gasteiger partial charge in [0.1, 0.15) is 10.6 Å². The first-order valence-corrected chi connectivity index (χ1v) is 14.2. The fraction of sp³-hybridized carbons (Fsp3) is 0.300. The predicted molar refractivity (Wildman–Crippen MR) is 150 cm³/mol. The van der Waals surface area contributed by atoms with Crippen LogP contribution in [0.1, 0.15) is 16.7 Å². The van der Waals surface area contributed by atoms with E-state index in [4.69, 9.17) is 4.74 Å². The lowest BCUT2D eigenvalue weighted by molar-refractivity contribution is -0.133. The Labute approximate surface area is 226 Å². The van der Waals surface area contributed by atoms with Gasteiger partial charge in [-0.1, -0.05) is 78.9 Å². The third kappa shape index (κ3) is 7.10. The summed E-state index contributed by atoms with van der Waals surface area (Å²) in [7, 11) is -2.56. The molecule has 3 aromatic rings. The summed E-state index contributed by atoms with van der Waals surface area (Å²) >= 11 is 0. The van der Waals surface area contributed by atoms with Crippen LogP contribution in [0.2, 0.25) is 0 Å². The van der Waals surface area contributed by atoms with Crippen molar-refractivity contribution >= 4 is 22.0 Å². The topological polar surface area (TPSA) is 70.2 Å². The van der Waals surface area contributed by atoms with E-state index in [1.165, 1.54) is 11.4 Å². The first-order valence-electron chi connectivity index (χ1n) is 12.8. The van der Waals surface area contributed by atoms with Crippen molar-refractivity contribution < 1.29 is 17.9 Å². The van der Waals surface area contributed by atoms with E-state index >= 15 is 0 Å². The maximum absolute atomic E-state index is 13.8. The zero-order valence-electron chi connectivity index (χ0n) is 22.0. The summed E-state index contributed by atoms with van der Waals surface area (Å²) in [5.41, 5.74) is 2.77. The van der Waals surface area contributed by atoms with E-state index in [0.717, 1.165) is 36.3 Å². The van der Waals surface area contributed by atoms with Gasteiger partial charge in [-0.3, -0.25) is 9.69 Å². The number of hydrogen-bond donors (Lipinski definition) is 0. The highest BCUT2D eigenvalue weighted by atomic mass is 32.2. The molecule has 1 heterocycles. The van der Waals surface area contributed by atoms with E-state index in [2.05, 4.69) is 29.2 Å². The van der Waals surface area contributed by atoms with E-state index < -0.39 is 10.0 Å². The Kier molecular flexibility index (Phi) is 9.33. The van der Waals surface area contributed by atoms with Crippen molar-refractivity contribution in [3.05, 3.63) is 102 Å². The number of ether oxygens (including phenoxy) is 1. The quantitative estimate of drug-likeness (QED) is 0.393. The smallest absolute Gasteiger partial charge is 0.247 e. The molecular weight excluding hydrogens is 498 g/mol. The monoisotopic (exact) mass is 533 g/mol. The molecule has 38 heavy (non-hydrogen) atoms. The highest BCUT2D eigenvalue weighted by Gasteiger charge is 2.32. The van der Waals surface area contributed by atoms with Crippen LogP contribution in [0.25, 0.3) is 6.08 Å². The molecule has 0 unspecified atom stereocenters. The van der Waals surface area contributed by atoms with Crippen LogP contribution in [-0.2, 0) is 21.4 Å². The Bertz CT molecular complexity index is 1340. The summed E-state index contributed by atoms with van der Waals surface area (Å²) in [6, 6.07) is 24.5. The Hall–Kier alpha value is -3.46. The molecule has 1 amide bonds. The zero-order valence-corrected chi connectivity index (χ0v) is 22.8. The minimum Gasteiger partial charge on any atom is -0.495 e. The number of rotatable bonds is 10. The molecule has 200 valence electrons. The average Bonchev–Trinajstić information content (AvgIpc) is 2.94. The molecule has 7 nitrogen and oxygen atoms in total. The number of sulfonamides is 1. The SMILES string of the molecule is COc1ccc(C)cc1S(=O)(=O)N(CC(=O)N1CCN(C/C=C/c2ccccc2)CC1)Cc1ccccc1. The zero-order chi connectivity index (χ0) is 27.0. The minimum atomic E-state index is -4.01. The lowest BCUT2D eigenvalue weighted by Gasteiger charge is -2.35. The third-order valence-electron chi connectivity index (χ3n) is 6.65. The highest BCUT2D eigenvalue weighted by molar-refractivity contribution is 7.89. The standard InChI is InChI=1S/C30H35N3O4S/c1-25-15-16-28(37-2)29(22-25)38(35,36)33(23-27-12-7-4-8-13-27)24-30(34)32-20-18-31(19-21-32)17-9-14-26-10-5-3-6-11-26/h3-16,22H,17-21,23-24H2,1-2H3/b14-9+. The molecule has 3 aromatic carbocycles. The van der Waals surface area contributed by atoms with Crippen LogP contribution >= 0.6 is 0 Å². The second kappa shape index (κ2) is 12.9. The van der Waals surface area contributed by atoms with Crippen LogP contribution in [0.5, 0.6) is 5.75 Å². The summed E-state index contributed by atoms with van der Waals surface area (Å²) in [6.07, 6.45) is 4.24. The Balaban J connectivity index is 1.44. The van der Waals surface area contributed by atoms with E-state index in [9.17, 15) is 13.2 Å². The fourth-order valence-electron chi connectivity index (χ4n) is 4.47. The first kappa shape index (κ1) is 27.6. The fourth-order valence-corrected chi connectivity index (χ4v) is 6.09. The molecule has 0 N–H and O–H groups in total. The van der Waals surface area contributed by atoms with Gasteiger partial charge in [-0.05, 0) is 35.7 Å². The van der Waals surface area contributed by atoms with Gasteiger partial charge < -0.3 is 9.64 Å². The number of carbonyl (C=O) groups is 1. The normalized spacial score (nSPS) is 14.8. The van der Waals surface area contributed by atoms with Gasteiger partial charge >= 0.3 is 0 Å². The number of benzene rings is 3. The molecule has 0 aliphatic carbocycles. The second-order valence-corrected chi connectivity index (χ2v) is 11.3. The minimum absolute atomic E-state index is 0.0683. The van der Waals surface area contributed by atoms with Crippen molar-refractivity contribution in [1.29, 1.82) is 0 Å². The Morgan fingerprint density at radius 2 is 1.61 bits per heavy atom. The second-order valence-electron chi connectivity index (χ2n) is 9.41. The average molecular weight is 534 g/mol. The largest absolute Gasteiger partial charge is 0.495 e. The van der Waals surface area contributed by atoms with Crippen molar-refractivity contribution in [2.45, 2.75) is 18.4 Å². The molecule has 0 bridgehead atoms. The Morgan fingerprint density at radius 3 is 2.26 bits per heavy atom. The molecule has 1 aliphatic heterocycles. The molecule has 8 heteroatoms. The van der Waals surface area contributed by atoms with Gasteiger partial charge in [0, 0.05) is 39.3 Å². The van der Waals surface area contributed by atoms with Crippen LogP contribution in [0.4, 0.5) is 0 Å². The molecule has 0 saturated carbocycles. The summed E-state index contributed by atoms with van der Waals surface area (Å²) in [4.78, 5) is 17.5. The van der Waals surface area contributed by atoms with E-state index in [1.54, 1.807) is 23.1 Å². The molecular formula is C30H35N3O4S. The van der Waals surface area contributed by atoms with Gasteiger partial charge in [-0.15, -0.1) is 0 Å². The summed E-state index contributed by atoms with van der Waals surface area (Å²) in [5.74, 6) is 0.0638. The summed E-state index contributed by atoms with van der Waals surface area (Å²) < 4.78 is 34.3. The molecule has 0 atom stereocenters. The number of amides is 1. The number of methoxy groups -OCH3 is 1. The molecule has 1 fully saturated rings. The molecule has 0 aromatic heterocycles. The van der Waals surface area contributed by atoms with Gasteiger partial charge in [-0.25, -0.2) is 8.42 Å². The number of carbonyl (C=O) groups excluding carboxylic acids is 1. The molecule has 0 spiro atoms. The Morgan fingerprint density at radius 1 is 0.947 bits per heavy atom. The molecule has 1 saturated heterocycles. The van der Waals surface area contributed by atoms with Crippen LogP contribution in [0.15, 0.2) is 89.8 Å². The van der Waals surface area contributed by atoms with E-state index in [0.29, 0.717) is 13.1 Å². The van der Waals surface area contributed by atoms with Crippen LogP contribution in [0, 0.1) is 6.92 Å². The first-order chi connectivity index (χ1) is 18.4. The molecule has 4 rings (SSSR count).